The summed E-state index contributed by atoms with van der Waals surface area (Å²) in [4.78, 5) is 26.2. The molecule has 0 saturated carbocycles. The molecule has 142 valence electrons. The molecule has 0 bridgehead atoms. The fourth-order valence-corrected chi connectivity index (χ4v) is 3.42. The maximum atomic E-state index is 12.8. The predicted octanol–water partition coefficient (Wildman–Crippen LogP) is 4.47. The monoisotopic (exact) mass is 366 g/mol. The van der Waals surface area contributed by atoms with Gasteiger partial charge in [-0.3, -0.25) is 4.79 Å². The van der Waals surface area contributed by atoms with Crippen LogP contribution in [0.5, 0.6) is 0 Å². The average Bonchev–Trinajstić information content (AvgIpc) is 3.14. The standard InChI is InChI=1S/C22H26N2O3/c1-3-27-21(25)15-17-8-12-19(13-9-17)23-22(26)24-14-4-5-20(24)18-10-6-16(2)7-11-18/h6-13,20H,3-5,14-15H2,1-2H3,(H,23,26)/t20-/m0/s1. The van der Waals surface area contributed by atoms with E-state index in [0.717, 1.165) is 30.6 Å². The Morgan fingerprint density at radius 1 is 1.11 bits per heavy atom. The number of nitrogens with one attached hydrogen (secondary N) is 1. The number of urea groups is 1. The second-order valence-electron chi connectivity index (χ2n) is 6.87. The molecule has 1 N–H and O–H groups in total. The van der Waals surface area contributed by atoms with Crippen molar-refractivity contribution in [2.75, 3.05) is 18.5 Å². The molecular formula is C22H26N2O3. The minimum absolute atomic E-state index is 0.0868. The molecule has 0 spiro atoms. The van der Waals surface area contributed by atoms with Crippen molar-refractivity contribution in [3.8, 4) is 0 Å². The Morgan fingerprint density at radius 3 is 2.48 bits per heavy atom. The first-order chi connectivity index (χ1) is 13.1. The van der Waals surface area contributed by atoms with E-state index in [-0.39, 0.29) is 24.5 Å². The van der Waals surface area contributed by atoms with E-state index < -0.39 is 0 Å². The first-order valence-electron chi connectivity index (χ1n) is 9.45. The molecule has 1 saturated heterocycles. The van der Waals surface area contributed by atoms with Crippen LogP contribution in [0.4, 0.5) is 10.5 Å². The van der Waals surface area contributed by atoms with Crippen LogP contribution in [0.3, 0.4) is 0 Å². The third-order valence-electron chi connectivity index (χ3n) is 4.83. The predicted molar refractivity (Wildman–Crippen MR) is 106 cm³/mol. The number of carbonyl (C=O) groups is 2. The molecule has 3 rings (SSSR count). The fourth-order valence-electron chi connectivity index (χ4n) is 3.42. The molecule has 27 heavy (non-hydrogen) atoms. The number of nitrogens with zero attached hydrogens (tertiary/aromatic N) is 1. The van der Waals surface area contributed by atoms with E-state index in [1.165, 1.54) is 11.1 Å². The van der Waals surface area contributed by atoms with Gasteiger partial charge in [0.1, 0.15) is 0 Å². The van der Waals surface area contributed by atoms with Gasteiger partial charge < -0.3 is 15.0 Å². The molecule has 1 aliphatic rings. The van der Waals surface area contributed by atoms with Gasteiger partial charge in [-0.1, -0.05) is 42.0 Å². The summed E-state index contributed by atoms with van der Waals surface area (Å²) in [5.41, 5.74) is 3.99. The molecule has 2 aromatic carbocycles. The lowest BCUT2D eigenvalue weighted by atomic mass is 10.0. The molecule has 0 radical (unpaired) electrons. The number of aryl methyl sites for hydroxylation is 1. The summed E-state index contributed by atoms with van der Waals surface area (Å²) >= 11 is 0. The van der Waals surface area contributed by atoms with Crippen LogP contribution in [0, 0.1) is 6.92 Å². The lowest BCUT2D eigenvalue weighted by Crippen LogP contribution is -2.34. The molecule has 2 aromatic rings. The normalized spacial score (nSPS) is 16.2. The van der Waals surface area contributed by atoms with Gasteiger partial charge in [-0.05, 0) is 49.9 Å². The van der Waals surface area contributed by atoms with E-state index in [9.17, 15) is 9.59 Å². The topological polar surface area (TPSA) is 58.6 Å². The second-order valence-corrected chi connectivity index (χ2v) is 6.87. The van der Waals surface area contributed by atoms with Gasteiger partial charge in [-0.15, -0.1) is 0 Å². The van der Waals surface area contributed by atoms with Crippen LogP contribution >= 0.6 is 0 Å². The maximum Gasteiger partial charge on any atom is 0.322 e. The molecule has 1 heterocycles. The third-order valence-corrected chi connectivity index (χ3v) is 4.83. The molecule has 1 fully saturated rings. The Kier molecular flexibility index (Phi) is 6.12. The van der Waals surface area contributed by atoms with Gasteiger partial charge in [0, 0.05) is 12.2 Å². The minimum atomic E-state index is -0.243. The number of benzene rings is 2. The Balaban J connectivity index is 1.62. The van der Waals surface area contributed by atoms with Crippen LogP contribution < -0.4 is 5.32 Å². The lowest BCUT2D eigenvalue weighted by Gasteiger charge is -2.25. The molecule has 1 atom stereocenters. The van der Waals surface area contributed by atoms with Crippen LogP contribution in [0.2, 0.25) is 0 Å². The fraction of sp³-hybridized carbons (Fsp3) is 0.364. The summed E-state index contributed by atoms with van der Waals surface area (Å²) in [7, 11) is 0. The summed E-state index contributed by atoms with van der Waals surface area (Å²) in [6.45, 7) is 4.99. The van der Waals surface area contributed by atoms with Gasteiger partial charge in [0.25, 0.3) is 0 Å². The Morgan fingerprint density at radius 2 is 1.81 bits per heavy atom. The van der Waals surface area contributed by atoms with Gasteiger partial charge in [0.05, 0.1) is 19.1 Å². The molecule has 1 aliphatic heterocycles. The quantitative estimate of drug-likeness (QED) is 0.794. The van der Waals surface area contributed by atoms with E-state index in [2.05, 4.69) is 36.5 Å². The smallest absolute Gasteiger partial charge is 0.322 e. The minimum Gasteiger partial charge on any atom is -0.466 e. The van der Waals surface area contributed by atoms with Crippen LogP contribution in [0.25, 0.3) is 0 Å². The number of likely N-dealkylation sites (tertiary alicyclic amines) is 1. The van der Waals surface area contributed by atoms with E-state index >= 15 is 0 Å². The number of amides is 2. The summed E-state index contributed by atoms with van der Waals surface area (Å²) < 4.78 is 4.95. The molecule has 5 nitrogen and oxygen atoms in total. The van der Waals surface area contributed by atoms with E-state index in [1.807, 2.05) is 29.2 Å². The zero-order chi connectivity index (χ0) is 19.2. The van der Waals surface area contributed by atoms with Crippen LogP contribution in [0.1, 0.15) is 42.5 Å². The number of ether oxygens (including phenoxy) is 1. The third kappa shape index (κ3) is 4.88. The molecule has 0 unspecified atom stereocenters. The summed E-state index contributed by atoms with van der Waals surface area (Å²) in [5.74, 6) is -0.243. The van der Waals surface area contributed by atoms with Crippen molar-refractivity contribution in [1.82, 2.24) is 4.90 Å². The first-order valence-corrected chi connectivity index (χ1v) is 9.45. The van der Waals surface area contributed by atoms with Crippen molar-refractivity contribution in [3.05, 3.63) is 65.2 Å². The highest BCUT2D eigenvalue weighted by Crippen LogP contribution is 2.32. The highest BCUT2D eigenvalue weighted by Gasteiger charge is 2.29. The van der Waals surface area contributed by atoms with Crippen molar-refractivity contribution < 1.29 is 14.3 Å². The van der Waals surface area contributed by atoms with Crippen LogP contribution in [0.15, 0.2) is 48.5 Å². The molecule has 5 heteroatoms. The molecule has 2 amide bonds. The Hall–Kier alpha value is -2.82. The van der Waals surface area contributed by atoms with Crippen molar-refractivity contribution >= 4 is 17.7 Å². The van der Waals surface area contributed by atoms with Gasteiger partial charge in [0.15, 0.2) is 0 Å². The zero-order valence-corrected chi connectivity index (χ0v) is 15.9. The summed E-state index contributed by atoms with van der Waals surface area (Å²) in [5, 5.41) is 2.97. The van der Waals surface area contributed by atoms with Gasteiger partial charge in [-0.2, -0.15) is 0 Å². The van der Waals surface area contributed by atoms with Crippen molar-refractivity contribution in [2.45, 2.75) is 39.2 Å². The molecule has 0 aliphatic carbocycles. The van der Waals surface area contributed by atoms with Crippen molar-refractivity contribution in [3.63, 3.8) is 0 Å². The molecule has 0 aromatic heterocycles. The lowest BCUT2D eigenvalue weighted by molar-refractivity contribution is -0.142. The van der Waals surface area contributed by atoms with Crippen LogP contribution in [-0.4, -0.2) is 30.1 Å². The molecular weight excluding hydrogens is 340 g/mol. The highest BCUT2D eigenvalue weighted by atomic mass is 16.5. The Bertz CT molecular complexity index is 784. The van der Waals surface area contributed by atoms with Crippen LogP contribution in [-0.2, 0) is 16.0 Å². The largest absolute Gasteiger partial charge is 0.466 e. The number of hydrogen-bond donors (Lipinski definition) is 1. The Labute approximate surface area is 160 Å². The zero-order valence-electron chi connectivity index (χ0n) is 15.9. The summed E-state index contributed by atoms with van der Waals surface area (Å²) in [6, 6.07) is 15.8. The van der Waals surface area contributed by atoms with Gasteiger partial charge in [-0.25, -0.2) is 4.79 Å². The summed E-state index contributed by atoms with van der Waals surface area (Å²) in [6.07, 6.45) is 2.23. The number of hydrogen-bond acceptors (Lipinski definition) is 3. The first kappa shape index (κ1) is 19.0. The van der Waals surface area contributed by atoms with E-state index in [1.54, 1.807) is 6.92 Å². The second kappa shape index (κ2) is 8.71. The SMILES string of the molecule is CCOC(=O)Cc1ccc(NC(=O)N2CCC[C@H]2c2ccc(C)cc2)cc1. The number of rotatable bonds is 5. The van der Waals surface area contributed by atoms with Gasteiger partial charge in [0.2, 0.25) is 0 Å². The van der Waals surface area contributed by atoms with Gasteiger partial charge >= 0.3 is 12.0 Å². The number of carbonyl (C=O) groups excluding carboxylic acids is 2. The maximum absolute atomic E-state index is 12.8. The van der Waals surface area contributed by atoms with Crippen molar-refractivity contribution in [2.24, 2.45) is 0 Å². The average molecular weight is 366 g/mol. The van der Waals surface area contributed by atoms with E-state index in [0.29, 0.717) is 6.61 Å². The van der Waals surface area contributed by atoms with Crippen molar-refractivity contribution in [1.29, 1.82) is 0 Å². The number of esters is 1. The number of anilines is 1. The van der Waals surface area contributed by atoms with E-state index in [4.69, 9.17) is 4.74 Å². The highest BCUT2D eigenvalue weighted by molar-refractivity contribution is 5.90.